The molecule has 11 heteroatoms. The number of fused-ring (bicyclic) bond motifs is 3. The molecule has 9 nitrogen and oxygen atoms in total. The van der Waals surface area contributed by atoms with Gasteiger partial charge in [-0.2, -0.15) is 0 Å². The molecule has 2 atom stereocenters. The van der Waals surface area contributed by atoms with E-state index in [4.69, 9.17) is 19.9 Å². The van der Waals surface area contributed by atoms with Gasteiger partial charge in [-0.15, -0.1) is 0 Å². The highest BCUT2D eigenvalue weighted by molar-refractivity contribution is 5.90. The molecule has 2 aromatic rings. The normalized spacial score (nSPS) is 18.9. The van der Waals surface area contributed by atoms with Crippen LogP contribution in [0.4, 0.5) is 19.4 Å². The van der Waals surface area contributed by atoms with Crippen LogP contribution in [0.2, 0.25) is 0 Å². The van der Waals surface area contributed by atoms with Gasteiger partial charge < -0.3 is 24.5 Å². The summed E-state index contributed by atoms with van der Waals surface area (Å²) in [6.45, 7) is 3.53. The number of aromatic nitrogens is 2. The van der Waals surface area contributed by atoms with Crippen LogP contribution in [0.15, 0.2) is 18.2 Å². The Kier molecular flexibility index (Phi) is 4.96. The van der Waals surface area contributed by atoms with Crippen LogP contribution in [0, 0.1) is 6.92 Å². The van der Waals surface area contributed by atoms with Gasteiger partial charge in [-0.1, -0.05) is 0 Å². The molecule has 2 N–H and O–H groups in total. The number of ether oxygens (including phenoxy) is 3. The number of hydrogen-bond acceptors (Lipinski definition) is 6. The number of primary amides is 1. The van der Waals surface area contributed by atoms with E-state index in [9.17, 15) is 18.4 Å². The predicted molar refractivity (Wildman–Crippen MR) is 101 cm³/mol. The Morgan fingerprint density at radius 2 is 2.13 bits per heavy atom. The van der Waals surface area contributed by atoms with Crippen LogP contribution < -0.4 is 20.1 Å². The van der Waals surface area contributed by atoms with Crippen LogP contribution in [0.3, 0.4) is 0 Å². The first-order valence-electron chi connectivity index (χ1n) is 9.32. The lowest BCUT2D eigenvalue weighted by molar-refractivity contribution is -0.123. The summed E-state index contributed by atoms with van der Waals surface area (Å²) in [6.07, 6.45) is -4.44. The van der Waals surface area contributed by atoms with Crippen LogP contribution in [0.5, 0.6) is 11.5 Å². The summed E-state index contributed by atoms with van der Waals surface area (Å²) in [5, 5.41) is 0. The Labute approximate surface area is 170 Å². The SMILES string of the molecule is Cc1c(N2C(=O)OC[C@H]2C(F)F)nc2n1CCOc1cc(O[C@@H](C)C(N)=O)ccc1-2. The first-order valence-corrected chi connectivity index (χ1v) is 9.32. The lowest BCUT2D eigenvalue weighted by Crippen LogP contribution is -2.39. The number of halogens is 2. The molecule has 0 radical (unpaired) electrons. The van der Waals surface area contributed by atoms with Gasteiger partial charge in [0.25, 0.3) is 12.3 Å². The highest BCUT2D eigenvalue weighted by atomic mass is 19.3. The van der Waals surface area contributed by atoms with Crippen LogP contribution in [0.1, 0.15) is 12.6 Å². The summed E-state index contributed by atoms with van der Waals surface area (Å²) < 4.78 is 44.7. The Balaban J connectivity index is 1.74. The van der Waals surface area contributed by atoms with Crippen molar-refractivity contribution in [2.75, 3.05) is 18.1 Å². The third-order valence-corrected chi connectivity index (χ3v) is 5.10. The molecule has 1 saturated heterocycles. The van der Waals surface area contributed by atoms with Crippen molar-refractivity contribution in [1.29, 1.82) is 0 Å². The number of nitrogens with two attached hydrogens (primary N) is 1. The summed E-state index contributed by atoms with van der Waals surface area (Å²) in [6, 6.07) is 3.54. The second-order valence-electron chi connectivity index (χ2n) is 7.01. The number of imidazole rings is 1. The molecule has 2 aliphatic rings. The van der Waals surface area contributed by atoms with E-state index in [2.05, 4.69) is 4.98 Å². The zero-order valence-corrected chi connectivity index (χ0v) is 16.3. The van der Waals surface area contributed by atoms with Crippen molar-refractivity contribution in [3.8, 4) is 22.9 Å². The summed E-state index contributed by atoms with van der Waals surface area (Å²) in [4.78, 5) is 28.8. The maximum Gasteiger partial charge on any atom is 0.416 e. The minimum absolute atomic E-state index is 0.133. The van der Waals surface area contributed by atoms with Crippen LogP contribution in [-0.2, 0) is 16.1 Å². The number of benzene rings is 1. The highest BCUT2D eigenvalue weighted by Gasteiger charge is 2.43. The van der Waals surface area contributed by atoms with E-state index in [1.165, 1.54) is 6.92 Å². The van der Waals surface area contributed by atoms with E-state index in [-0.39, 0.29) is 12.4 Å². The minimum atomic E-state index is -2.76. The van der Waals surface area contributed by atoms with Gasteiger partial charge in [-0.3, -0.25) is 4.79 Å². The van der Waals surface area contributed by atoms with Crippen LogP contribution in [-0.4, -0.2) is 53.3 Å². The summed E-state index contributed by atoms with van der Waals surface area (Å²) in [5.41, 5.74) is 6.38. The molecule has 3 heterocycles. The van der Waals surface area contributed by atoms with Crippen molar-refractivity contribution < 1.29 is 32.6 Å². The van der Waals surface area contributed by atoms with Gasteiger partial charge in [0, 0.05) is 6.07 Å². The van der Waals surface area contributed by atoms with Crippen molar-refractivity contribution in [2.24, 2.45) is 5.73 Å². The zero-order chi connectivity index (χ0) is 21.6. The number of anilines is 1. The smallest absolute Gasteiger partial charge is 0.416 e. The van der Waals surface area contributed by atoms with Crippen molar-refractivity contribution in [2.45, 2.75) is 39.0 Å². The standard InChI is InChI=1S/C19H20F2N4O5/c1-9-17(25-13(15(20)21)8-29-19(25)27)23-18-12-4-3-11(30-10(2)16(22)26)7-14(12)28-6-5-24(9)18/h3-4,7,10,13,15H,5-6,8H2,1-2H3,(H2,22,26)/t10-,13-/m0/s1. The lowest BCUT2D eigenvalue weighted by atomic mass is 10.1. The molecule has 0 saturated carbocycles. The molecule has 2 amide bonds. The van der Waals surface area contributed by atoms with Gasteiger partial charge in [-0.25, -0.2) is 23.5 Å². The van der Waals surface area contributed by atoms with Gasteiger partial charge in [0.15, 0.2) is 11.9 Å². The fourth-order valence-corrected chi connectivity index (χ4v) is 3.48. The zero-order valence-electron chi connectivity index (χ0n) is 16.3. The summed E-state index contributed by atoms with van der Waals surface area (Å²) >= 11 is 0. The third-order valence-electron chi connectivity index (χ3n) is 5.10. The third kappa shape index (κ3) is 3.29. The molecule has 4 rings (SSSR count). The monoisotopic (exact) mass is 422 g/mol. The minimum Gasteiger partial charge on any atom is -0.491 e. The molecule has 0 spiro atoms. The molecular formula is C19H20F2N4O5. The lowest BCUT2D eigenvalue weighted by Gasteiger charge is -2.19. The average Bonchev–Trinajstić information content (AvgIpc) is 3.16. The predicted octanol–water partition coefficient (Wildman–Crippen LogP) is 2.09. The molecule has 30 heavy (non-hydrogen) atoms. The quantitative estimate of drug-likeness (QED) is 0.790. The van der Waals surface area contributed by atoms with Crippen molar-refractivity contribution >= 4 is 17.8 Å². The van der Waals surface area contributed by atoms with Crippen LogP contribution in [0.25, 0.3) is 11.4 Å². The van der Waals surface area contributed by atoms with E-state index in [0.717, 1.165) is 4.90 Å². The molecule has 1 aromatic heterocycles. The Hall–Kier alpha value is -3.37. The Morgan fingerprint density at radius 1 is 1.37 bits per heavy atom. The van der Waals surface area contributed by atoms with E-state index < -0.39 is 37.2 Å². The number of amides is 2. The molecular weight excluding hydrogens is 402 g/mol. The Morgan fingerprint density at radius 3 is 2.83 bits per heavy atom. The van der Waals surface area contributed by atoms with Gasteiger partial charge in [-0.05, 0) is 26.0 Å². The number of hydrogen-bond donors (Lipinski definition) is 1. The number of rotatable bonds is 5. The number of nitrogens with zero attached hydrogens (tertiary/aromatic N) is 3. The maximum atomic E-state index is 13.4. The van der Waals surface area contributed by atoms with Gasteiger partial charge >= 0.3 is 6.09 Å². The fraction of sp³-hybridized carbons (Fsp3) is 0.421. The summed E-state index contributed by atoms with van der Waals surface area (Å²) in [5.74, 6) is 0.838. The van der Waals surface area contributed by atoms with Gasteiger partial charge in [0.05, 0.1) is 17.8 Å². The van der Waals surface area contributed by atoms with Crippen LogP contribution >= 0.6 is 0 Å². The molecule has 1 aromatic carbocycles. The summed E-state index contributed by atoms with van der Waals surface area (Å²) in [7, 11) is 0. The number of alkyl halides is 2. The molecule has 1 fully saturated rings. The molecule has 0 aliphatic carbocycles. The number of carbonyl (C=O) groups excluding carboxylic acids is 2. The second-order valence-corrected chi connectivity index (χ2v) is 7.01. The van der Waals surface area contributed by atoms with E-state index in [1.807, 2.05) is 4.57 Å². The number of carbonyl (C=O) groups is 2. The molecule has 2 aliphatic heterocycles. The fourth-order valence-electron chi connectivity index (χ4n) is 3.48. The topological polar surface area (TPSA) is 109 Å². The first kappa shape index (κ1) is 19.9. The molecule has 160 valence electrons. The number of cyclic esters (lactones) is 1. The van der Waals surface area contributed by atoms with Gasteiger partial charge in [0.1, 0.15) is 36.6 Å². The Bertz CT molecular complexity index is 1010. The van der Waals surface area contributed by atoms with Gasteiger partial charge in [0.2, 0.25) is 0 Å². The maximum absolute atomic E-state index is 13.4. The first-order chi connectivity index (χ1) is 14.3. The highest BCUT2D eigenvalue weighted by Crippen LogP contribution is 2.39. The van der Waals surface area contributed by atoms with E-state index in [1.54, 1.807) is 25.1 Å². The van der Waals surface area contributed by atoms with Crippen molar-refractivity contribution in [1.82, 2.24) is 9.55 Å². The van der Waals surface area contributed by atoms with Crippen molar-refractivity contribution in [3.05, 3.63) is 23.9 Å². The second kappa shape index (κ2) is 7.47. The van der Waals surface area contributed by atoms with E-state index >= 15 is 0 Å². The molecule has 0 bridgehead atoms. The van der Waals surface area contributed by atoms with Crippen molar-refractivity contribution in [3.63, 3.8) is 0 Å². The largest absolute Gasteiger partial charge is 0.491 e. The van der Waals surface area contributed by atoms with E-state index in [0.29, 0.717) is 35.1 Å². The molecule has 0 unspecified atom stereocenters. The average molecular weight is 422 g/mol.